The number of nitrogens with zero attached hydrogens (tertiary/aromatic N) is 4. The molecule has 1 amide bonds. The van der Waals surface area contributed by atoms with Gasteiger partial charge >= 0.3 is 6.18 Å². The molecule has 3 heterocycles. The summed E-state index contributed by atoms with van der Waals surface area (Å²) in [5, 5.41) is 10.2. The van der Waals surface area contributed by atoms with Gasteiger partial charge in [0.05, 0.1) is 6.20 Å². The number of hydrogen-bond donors (Lipinski definition) is 2. The molecule has 1 aromatic carbocycles. The fraction of sp³-hybridized carbons (Fsp3) is 0.200. The smallest absolute Gasteiger partial charge is 0.309 e. The molecule has 2 N–H and O–H groups in total. The fourth-order valence-corrected chi connectivity index (χ4v) is 3.52. The highest BCUT2D eigenvalue weighted by atomic mass is 19.4. The average Bonchev–Trinajstić information content (AvgIpc) is 3.29. The van der Waals surface area contributed by atoms with E-state index in [1.54, 1.807) is 23.1 Å². The van der Waals surface area contributed by atoms with Crippen molar-refractivity contribution in [1.82, 2.24) is 25.1 Å². The maximum atomic E-state index is 13.1. The molecule has 0 unspecified atom stereocenters. The molecule has 0 saturated heterocycles. The zero-order chi connectivity index (χ0) is 24.8. The molecule has 1 atom stereocenters. The molecule has 0 radical (unpaired) electrons. The van der Waals surface area contributed by atoms with Crippen LogP contribution in [0.15, 0.2) is 79.4 Å². The molecule has 4 aromatic rings. The molecule has 0 spiro atoms. The van der Waals surface area contributed by atoms with Crippen molar-refractivity contribution in [2.45, 2.75) is 18.6 Å². The number of pyridine rings is 2. The van der Waals surface area contributed by atoms with E-state index in [1.165, 1.54) is 12.3 Å². The van der Waals surface area contributed by atoms with Gasteiger partial charge in [0.2, 0.25) is 5.91 Å². The number of halogens is 3. The molecule has 180 valence electrons. The van der Waals surface area contributed by atoms with Crippen LogP contribution in [0.1, 0.15) is 22.9 Å². The van der Waals surface area contributed by atoms with Crippen LogP contribution < -0.4 is 10.6 Å². The van der Waals surface area contributed by atoms with Crippen molar-refractivity contribution in [3.05, 3.63) is 96.2 Å². The van der Waals surface area contributed by atoms with E-state index in [0.717, 1.165) is 22.8 Å². The van der Waals surface area contributed by atoms with Gasteiger partial charge in [0, 0.05) is 43.3 Å². The SMILES string of the molecule is Cn1cc(-c2ccc(NC(=O)[C@@H](NCCc3ccc(C(F)(F)F)nc3)c3ccccc3)nc2)cn1. The summed E-state index contributed by atoms with van der Waals surface area (Å²) in [6, 6.07) is 14.4. The van der Waals surface area contributed by atoms with Gasteiger partial charge < -0.3 is 10.6 Å². The number of aromatic nitrogens is 4. The Kier molecular flexibility index (Phi) is 7.21. The van der Waals surface area contributed by atoms with Gasteiger partial charge in [-0.05, 0) is 35.7 Å². The zero-order valence-electron chi connectivity index (χ0n) is 18.8. The van der Waals surface area contributed by atoms with Crippen LogP contribution >= 0.6 is 0 Å². The van der Waals surface area contributed by atoms with Gasteiger partial charge in [-0.3, -0.25) is 14.5 Å². The monoisotopic (exact) mass is 480 g/mol. The van der Waals surface area contributed by atoms with E-state index in [9.17, 15) is 18.0 Å². The first kappa shape index (κ1) is 24.1. The second-order valence-electron chi connectivity index (χ2n) is 7.92. The lowest BCUT2D eigenvalue weighted by molar-refractivity contribution is -0.141. The Morgan fingerprint density at radius 3 is 2.37 bits per heavy atom. The van der Waals surface area contributed by atoms with Gasteiger partial charge in [0.15, 0.2) is 0 Å². The lowest BCUT2D eigenvalue weighted by Gasteiger charge is -2.19. The molecule has 4 rings (SSSR count). The Bertz CT molecular complexity index is 1260. The predicted molar refractivity (Wildman–Crippen MR) is 125 cm³/mol. The Morgan fingerprint density at radius 2 is 1.77 bits per heavy atom. The van der Waals surface area contributed by atoms with E-state index in [0.29, 0.717) is 24.3 Å². The molecule has 35 heavy (non-hydrogen) atoms. The minimum atomic E-state index is -4.47. The van der Waals surface area contributed by atoms with Crippen molar-refractivity contribution >= 4 is 11.7 Å². The lowest BCUT2D eigenvalue weighted by atomic mass is 10.1. The number of amides is 1. The molecule has 0 aliphatic rings. The van der Waals surface area contributed by atoms with Gasteiger partial charge in [-0.15, -0.1) is 0 Å². The molecular weight excluding hydrogens is 457 g/mol. The van der Waals surface area contributed by atoms with Gasteiger partial charge in [0.25, 0.3) is 0 Å². The zero-order valence-corrected chi connectivity index (χ0v) is 18.8. The molecule has 0 saturated carbocycles. The van der Waals surface area contributed by atoms with Crippen molar-refractivity contribution in [1.29, 1.82) is 0 Å². The van der Waals surface area contributed by atoms with Crippen LogP contribution in [0.2, 0.25) is 0 Å². The summed E-state index contributed by atoms with van der Waals surface area (Å²) in [5.41, 5.74) is 2.24. The van der Waals surface area contributed by atoms with E-state index in [1.807, 2.05) is 49.6 Å². The summed E-state index contributed by atoms with van der Waals surface area (Å²) in [6.07, 6.45) is 2.40. The van der Waals surface area contributed by atoms with Crippen molar-refractivity contribution in [2.24, 2.45) is 7.05 Å². The summed E-state index contributed by atoms with van der Waals surface area (Å²) in [5.74, 6) is 0.0979. The minimum Gasteiger partial charge on any atom is -0.309 e. The standard InChI is InChI=1S/C25H23F3N6O/c1-34-16-20(15-32-34)19-8-10-22(31-14-19)33-24(35)23(18-5-3-2-4-6-18)29-12-11-17-7-9-21(30-13-17)25(26,27)28/h2-10,13-16,23,29H,11-12H2,1H3,(H,31,33,35)/t23-/m0/s1. The molecule has 0 fully saturated rings. The third-order valence-corrected chi connectivity index (χ3v) is 5.33. The summed E-state index contributed by atoms with van der Waals surface area (Å²) in [7, 11) is 1.83. The first-order chi connectivity index (χ1) is 16.8. The van der Waals surface area contributed by atoms with Crippen molar-refractivity contribution < 1.29 is 18.0 Å². The van der Waals surface area contributed by atoms with E-state index in [2.05, 4.69) is 25.7 Å². The molecule has 0 aliphatic heterocycles. The summed E-state index contributed by atoms with van der Waals surface area (Å²) >= 11 is 0. The Balaban J connectivity index is 1.41. The van der Waals surface area contributed by atoms with Crippen LogP contribution in [0.25, 0.3) is 11.1 Å². The average molecular weight is 480 g/mol. The highest BCUT2D eigenvalue weighted by Gasteiger charge is 2.32. The highest BCUT2D eigenvalue weighted by molar-refractivity contribution is 5.94. The number of aryl methyl sites for hydroxylation is 1. The molecule has 10 heteroatoms. The van der Waals surface area contributed by atoms with Crippen LogP contribution in [0.5, 0.6) is 0 Å². The summed E-state index contributed by atoms with van der Waals surface area (Å²) in [4.78, 5) is 20.9. The van der Waals surface area contributed by atoms with Crippen molar-refractivity contribution in [2.75, 3.05) is 11.9 Å². The Morgan fingerprint density at radius 1 is 0.971 bits per heavy atom. The number of carbonyl (C=O) groups excluding carboxylic acids is 1. The van der Waals surface area contributed by atoms with E-state index in [4.69, 9.17) is 0 Å². The molecular formula is C25H23F3N6O. The number of carbonyl (C=O) groups is 1. The summed E-state index contributed by atoms with van der Waals surface area (Å²) < 4.78 is 39.8. The highest BCUT2D eigenvalue weighted by Crippen LogP contribution is 2.27. The van der Waals surface area contributed by atoms with Crippen LogP contribution in [0.3, 0.4) is 0 Å². The van der Waals surface area contributed by atoms with Crippen LogP contribution in [0.4, 0.5) is 19.0 Å². The fourth-order valence-electron chi connectivity index (χ4n) is 3.52. The third-order valence-electron chi connectivity index (χ3n) is 5.33. The van der Waals surface area contributed by atoms with Crippen LogP contribution in [-0.4, -0.2) is 32.2 Å². The number of anilines is 1. The molecule has 0 aliphatic carbocycles. The molecule has 7 nitrogen and oxygen atoms in total. The Labute approximate surface area is 200 Å². The quantitative estimate of drug-likeness (QED) is 0.390. The van der Waals surface area contributed by atoms with Gasteiger partial charge in [-0.25, -0.2) is 4.98 Å². The minimum absolute atomic E-state index is 0.302. The second kappa shape index (κ2) is 10.5. The number of alkyl halides is 3. The van der Waals surface area contributed by atoms with Gasteiger partial charge in [-0.2, -0.15) is 18.3 Å². The van der Waals surface area contributed by atoms with E-state index in [-0.39, 0.29) is 5.91 Å². The van der Waals surface area contributed by atoms with Crippen molar-refractivity contribution in [3.8, 4) is 11.1 Å². The normalized spacial score (nSPS) is 12.3. The first-order valence-electron chi connectivity index (χ1n) is 10.9. The number of nitrogens with one attached hydrogen (secondary N) is 2. The third kappa shape index (κ3) is 6.30. The van der Waals surface area contributed by atoms with Crippen LogP contribution in [0, 0.1) is 0 Å². The van der Waals surface area contributed by atoms with Crippen molar-refractivity contribution in [3.63, 3.8) is 0 Å². The maximum Gasteiger partial charge on any atom is 0.433 e. The maximum absolute atomic E-state index is 13.1. The number of benzene rings is 1. The number of hydrogen-bond acceptors (Lipinski definition) is 5. The molecule has 0 bridgehead atoms. The van der Waals surface area contributed by atoms with Crippen LogP contribution in [-0.2, 0) is 24.4 Å². The molecule has 3 aromatic heterocycles. The van der Waals surface area contributed by atoms with E-state index >= 15 is 0 Å². The number of rotatable bonds is 8. The predicted octanol–water partition coefficient (Wildman–Crippen LogP) is 4.41. The Hall–Kier alpha value is -4.05. The summed E-state index contributed by atoms with van der Waals surface area (Å²) in [6.45, 7) is 0.355. The van der Waals surface area contributed by atoms with Gasteiger partial charge in [0.1, 0.15) is 17.6 Å². The topological polar surface area (TPSA) is 84.7 Å². The largest absolute Gasteiger partial charge is 0.433 e. The lowest BCUT2D eigenvalue weighted by Crippen LogP contribution is -2.34. The first-order valence-corrected chi connectivity index (χ1v) is 10.9. The van der Waals surface area contributed by atoms with Gasteiger partial charge in [-0.1, -0.05) is 36.4 Å². The second-order valence-corrected chi connectivity index (χ2v) is 7.92. The van der Waals surface area contributed by atoms with E-state index < -0.39 is 17.9 Å².